The van der Waals surface area contributed by atoms with Crippen LogP contribution in [0.2, 0.25) is 0 Å². The first-order valence-corrected chi connectivity index (χ1v) is 39.5. The predicted molar refractivity (Wildman–Crippen MR) is 454 cm³/mol. The van der Waals surface area contributed by atoms with E-state index < -0.39 is 39.6 Å². The highest BCUT2D eigenvalue weighted by molar-refractivity contribution is 14.1. The summed E-state index contributed by atoms with van der Waals surface area (Å²) in [6, 6.07) is 27.8. The number of ether oxygens (including phenoxy) is 8. The van der Waals surface area contributed by atoms with Crippen molar-refractivity contribution in [2.24, 2.45) is 0 Å². The number of hydrogen-bond donors (Lipinski definition) is 3. The van der Waals surface area contributed by atoms with Gasteiger partial charge in [0.15, 0.2) is 0 Å². The van der Waals surface area contributed by atoms with Gasteiger partial charge in [-0.05, 0) is 232 Å². The lowest BCUT2D eigenvalue weighted by Gasteiger charge is -2.39. The maximum atomic E-state index is 12.2. The van der Waals surface area contributed by atoms with Gasteiger partial charge in [0.25, 0.3) is 0 Å². The summed E-state index contributed by atoms with van der Waals surface area (Å²) in [6.07, 6.45) is 3.33. The number of piperidine rings is 4. The van der Waals surface area contributed by atoms with E-state index >= 15 is 0 Å². The topological polar surface area (TPSA) is 290 Å². The number of rotatable bonds is 4. The third-order valence-electron chi connectivity index (χ3n) is 17.2. The number of hydrogen-bond acceptors (Lipinski definition) is 19. The van der Waals surface area contributed by atoms with Crippen molar-refractivity contribution < 1.29 is 86.5 Å². The Bertz CT molecular complexity index is 3890. The minimum Gasteiger partial charge on any atom is -0.465 e. The zero-order valence-electron chi connectivity index (χ0n) is 62.4. The van der Waals surface area contributed by atoms with E-state index in [1.165, 1.54) is 25.3 Å². The Hall–Kier alpha value is -5.93. The summed E-state index contributed by atoms with van der Waals surface area (Å²) in [7, 11) is 2.70. The van der Waals surface area contributed by atoms with E-state index in [0.717, 1.165) is 49.9 Å². The summed E-state index contributed by atoms with van der Waals surface area (Å²) in [4.78, 5) is 99.8. The molecule has 0 radical (unpaired) electrons. The third-order valence-corrected chi connectivity index (χ3v) is 20.6. The number of aliphatic hydroxyl groups is 2. The first kappa shape index (κ1) is 100. The number of carbonyl (C=O) groups excluding carboxylic acids is 8. The molecule has 0 saturated carbocycles. The predicted octanol–water partition coefficient (Wildman–Crippen LogP) is 20.0. The number of likely N-dealkylation sites (tertiary alicyclic amines) is 4. The molecule has 23 nitrogen and oxygen atoms in total. The van der Waals surface area contributed by atoms with Gasteiger partial charge < -0.3 is 73.4 Å². The molecule has 0 aliphatic carbocycles. The zero-order chi connectivity index (χ0) is 79.1. The Morgan fingerprint density at radius 3 is 1.25 bits per heavy atom. The number of ketones is 1. The summed E-state index contributed by atoms with van der Waals surface area (Å²) in [5.74, 6) is -0.769. The molecule has 0 atom stereocenters. The van der Waals surface area contributed by atoms with Crippen LogP contribution >= 0.6 is 102 Å². The molecule has 6 aliphatic rings. The van der Waals surface area contributed by atoms with Crippen molar-refractivity contribution in [1.29, 1.82) is 0 Å². The molecule has 4 amide bonds. The number of Topliss-reactive ketones (excluding diaryl/α,β-unsaturated/α-hetero) is 1. The Kier molecular flexibility index (Phi) is 39.1. The van der Waals surface area contributed by atoms with Crippen LogP contribution in [-0.4, -0.2) is 167 Å². The smallest absolute Gasteiger partial charge is 0.410 e. The summed E-state index contributed by atoms with van der Waals surface area (Å²) in [6.45, 7) is 26.9. The number of methoxy groups -OCH3 is 2. The van der Waals surface area contributed by atoms with Crippen molar-refractivity contribution in [2.45, 2.75) is 217 Å². The van der Waals surface area contributed by atoms with Crippen LogP contribution in [-0.2, 0) is 72.7 Å². The van der Waals surface area contributed by atoms with Crippen LogP contribution in [0, 0.1) is 3.57 Å². The van der Waals surface area contributed by atoms with Crippen molar-refractivity contribution in [3.05, 3.63) is 161 Å². The van der Waals surface area contributed by atoms with Gasteiger partial charge in [0.1, 0.15) is 33.8 Å². The van der Waals surface area contributed by atoms with Crippen molar-refractivity contribution >= 4 is 156 Å². The fraction of sp³-hybridized carbons (Fsp3) is 0.531. The Balaban J connectivity index is 0.000000454. The highest BCUT2D eigenvalue weighted by atomic mass is 127. The zero-order valence-corrected chi connectivity index (χ0v) is 72.5. The minimum absolute atomic E-state index is 0. The molecular formula is C81H113Br5IN5O18. The number of nitrogens with zero attached hydrogens (tertiary/aromatic N) is 4. The van der Waals surface area contributed by atoms with Crippen LogP contribution in [0.3, 0.4) is 0 Å². The number of nitrogen functional groups attached to an aromatic ring is 1. The second kappa shape index (κ2) is 43.0. The molecule has 612 valence electrons. The molecule has 4 saturated heterocycles. The third kappa shape index (κ3) is 29.5. The Morgan fingerprint density at radius 1 is 0.482 bits per heavy atom. The second-order valence-electron chi connectivity index (χ2n) is 29.9. The van der Waals surface area contributed by atoms with Gasteiger partial charge in [-0.3, -0.25) is 4.79 Å². The summed E-state index contributed by atoms with van der Waals surface area (Å²) >= 11 is 19.0. The number of carbonyl (C=O) groups is 8. The van der Waals surface area contributed by atoms with Gasteiger partial charge in [-0.15, -0.1) is 0 Å². The van der Waals surface area contributed by atoms with E-state index in [1.54, 1.807) is 56.0 Å². The fourth-order valence-corrected chi connectivity index (χ4v) is 14.9. The number of aliphatic hydroxyl groups excluding tert-OH is 1. The summed E-state index contributed by atoms with van der Waals surface area (Å²) < 4.78 is 47.9. The summed E-state index contributed by atoms with van der Waals surface area (Å²) in [5, 5.41) is 20.5. The molecule has 0 aromatic heterocycles. The Morgan fingerprint density at radius 2 is 0.836 bits per heavy atom. The average Bonchev–Trinajstić information content (AvgIpc) is 1.60. The molecule has 6 heterocycles. The van der Waals surface area contributed by atoms with Gasteiger partial charge in [0.05, 0.1) is 55.3 Å². The second-order valence-corrected chi connectivity index (χ2v) is 35.6. The average molecular weight is 1970 g/mol. The lowest BCUT2D eigenvalue weighted by Crippen LogP contribution is -2.47. The molecule has 2 spiro atoms. The minimum atomic E-state index is -1.04. The van der Waals surface area contributed by atoms with E-state index in [1.807, 2.05) is 119 Å². The monoisotopic (exact) mass is 1970 g/mol. The van der Waals surface area contributed by atoms with Crippen LogP contribution in [0.4, 0.5) is 24.9 Å². The molecule has 29 heteroatoms. The fourth-order valence-electron chi connectivity index (χ4n) is 11.9. The number of nitrogens with two attached hydrogens (primary N) is 1. The highest BCUT2D eigenvalue weighted by Gasteiger charge is 2.49. The van der Waals surface area contributed by atoms with Crippen LogP contribution < -0.4 is 5.73 Å². The van der Waals surface area contributed by atoms with Crippen LogP contribution in [0.1, 0.15) is 223 Å². The maximum Gasteiger partial charge on any atom is 0.410 e. The maximum absolute atomic E-state index is 12.2. The van der Waals surface area contributed by atoms with Crippen LogP contribution in [0.25, 0.3) is 0 Å². The quantitative estimate of drug-likeness (QED) is 0.0652. The molecule has 4 fully saturated rings. The van der Waals surface area contributed by atoms with Crippen molar-refractivity contribution in [3.63, 3.8) is 0 Å². The number of anilines is 1. The van der Waals surface area contributed by atoms with Gasteiger partial charge in [0.2, 0.25) is 0 Å². The number of halogens is 6. The largest absolute Gasteiger partial charge is 0.465 e. The molecule has 4 N–H and O–H groups in total. The van der Waals surface area contributed by atoms with E-state index in [-0.39, 0.29) is 84.0 Å². The molecule has 110 heavy (non-hydrogen) atoms. The van der Waals surface area contributed by atoms with Gasteiger partial charge in [-0.2, -0.15) is 0 Å². The first-order chi connectivity index (χ1) is 49.3. The highest BCUT2D eigenvalue weighted by Crippen LogP contribution is 2.47. The van der Waals surface area contributed by atoms with Crippen molar-refractivity contribution in [1.82, 2.24) is 19.6 Å². The molecule has 6 aliphatic heterocycles. The molecule has 0 bridgehead atoms. The number of amides is 4. The van der Waals surface area contributed by atoms with Crippen molar-refractivity contribution in [2.75, 3.05) is 72.3 Å². The van der Waals surface area contributed by atoms with E-state index in [2.05, 4.69) is 130 Å². The van der Waals surface area contributed by atoms with Crippen molar-refractivity contribution in [3.8, 4) is 0 Å². The van der Waals surface area contributed by atoms with Gasteiger partial charge >= 0.3 is 42.3 Å². The molecule has 5 aromatic carbocycles. The van der Waals surface area contributed by atoms with Gasteiger partial charge in [-0.25, -0.2) is 33.6 Å². The normalized spacial score (nSPS) is 16.2. The van der Waals surface area contributed by atoms with Gasteiger partial charge in [-0.1, -0.05) is 121 Å². The van der Waals surface area contributed by atoms with E-state index in [0.29, 0.717) is 125 Å². The lowest BCUT2D eigenvalue weighted by atomic mass is 9.82. The SMILES string of the molecule is C.C.C.C.CC(C)(C)OC(=O)N1CCC(=O)CC1.CC(C)(C)OC(=O)N1CCC(O)(c2cc(Br)ccc2CO)CC1.CC(C)(C)OC(=O)N1CCC2(CC1)OC(=O)c1ccc(Br)cc12.CC(C)(C)OC(=O)N1CCC2(CC1)OCc1ccc(Br)cc12.COC(=O)c1ccc(Br)cc1I.COC(=O)c1ccc(Br)cc1N. The first-order valence-electron chi connectivity index (χ1n) is 34.5. The Labute approximate surface area is 706 Å². The van der Waals surface area contributed by atoms with Crippen LogP contribution in [0.15, 0.2) is 113 Å². The van der Waals surface area contributed by atoms with Gasteiger partial charge in [0, 0.05) is 115 Å². The van der Waals surface area contributed by atoms with Crippen LogP contribution in [0.5, 0.6) is 0 Å². The summed E-state index contributed by atoms with van der Waals surface area (Å²) in [5.41, 5.74) is 8.62. The lowest BCUT2D eigenvalue weighted by molar-refractivity contribution is -0.121. The molecule has 5 aromatic rings. The van der Waals surface area contributed by atoms with E-state index in [9.17, 15) is 48.6 Å². The molecule has 0 unspecified atom stereocenters. The number of fused-ring (bicyclic) bond motifs is 4. The van der Waals surface area contributed by atoms with E-state index in [4.69, 9.17) is 34.2 Å². The molecular weight excluding hydrogens is 1860 g/mol. The standard InChI is InChI=1S/C17H20BrNO4.C17H24BrNO4.C17H22BrNO3.C10H17NO3.C8H6BrIO2.C8H8BrNO2.4CH4/c1-16(2,3)23-15(21)19-8-6-17(7-9-19)13-10-11(18)4-5-12(13)14(20)22-17;1-16(2,3)23-15(21)19-8-6-17(22,7-9-19)14-10-13(18)5-4-12(14)11-20;1-16(2,3)22-15(20)19-8-6-17(7-9-19)14-10-13(18)5-4-12(14)11-21-17;1-10(2,3)14-9(13)11-6-4-8(12)5-7-11;2*1-12-8(11)6-3-2-5(9)4-7(6)10;;;;/h4-5,10H,6-9H2,1-3H3;4-5,10,20,22H,6-9,11H2,1-3H3;4-5,10H,6-9,11H2,1-3H3;4-7H2,1-3H3;2-4H,1H3;2-4H,10H2,1H3;4*1H4. The number of benzene rings is 5. The number of esters is 3. The molecule has 11 rings (SSSR count).